The summed E-state index contributed by atoms with van der Waals surface area (Å²) >= 11 is 0. The third kappa shape index (κ3) is 2.35. The van der Waals surface area contributed by atoms with Crippen molar-refractivity contribution in [1.29, 1.82) is 0 Å². The van der Waals surface area contributed by atoms with E-state index in [1.807, 2.05) is 48.5 Å². The van der Waals surface area contributed by atoms with Crippen LogP contribution < -0.4 is 5.84 Å². The number of para-hydroxylation sites is 1. The SMILES string of the molecule is Nn1nnc2cccc(CC[C@@H](O)c3ccccc3)c21. The van der Waals surface area contributed by atoms with Gasteiger partial charge in [-0.1, -0.05) is 42.5 Å². The number of benzene rings is 2. The van der Waals surface area contributed by atoms with Crippen LogP contribution >= 0.6 is 0 Å². The quantitative estimate of drug-likeness (QED) is 0.707. The van der Waals surface area contributed by atoms with Crippen LogP contribution in [-0.2, 0) is 6.42 Å². The van der Waals surface area contributed by atoms with Crippen LogP contribution in [0, 0.1) is 0 Å². The highest BCUT2D eigenvalue weighted by Crippen LogP contribution is 2.22. The first-order chi connectivity index (χ1) is 9.75. The monoisotopic (exact) mass is 268 g/mol. The van der Waals surface area contributed by atoms with Gasteiger partial charge < -0.3 is 10.9 Å². The number of nitrogens with zero attached hydrogens (tertiary/aromatic N) is 3. The molecule has 3 N–H and O–H groups in total. The summed E-state index contributed by atoms with van der Waals surface area (Å²) in [5, 5.41) is 18.0. The molecular weight excluding hydrogens is 252 g/mol. The summed E-state index contributed by atoms with van der Waals surface area (Å²) in [7, 11) is 0. The van der Waals surface area contributed by atoms with E-state index < -0.39 is 6.10 Å². The van der Waals surface area contributed by atoms with Crippen LogP contribution in [0.2, 0.25) is 0 Å². The largest absolute Gasteiger partial charge is 0.388 e. The Morgan fingerprint density at radius 3 is 2.70 bits per heavy atom. The molecule has 5 heteroatoms. The van der Waals surface area contributed by atoms with E-state index in [0.717, 1.165) is 28.6 Å². The lowest BCUT2D eigenvalue weighted by atomic mass is 10.0. The number of nitrogen functional groups attached to an aromatic ring is 1. The van der Waals surface area contributed by atoms with Crippen molar-refractivity contribution in [3.63, 3.8) is 0 Å². The van der Waals surface area contributed by atoms with Crippen LogP contribution in [0.4, 0.5) is 0 Å². The molecule has 5 nitrogen and oxygen atoms in total. The van der Waals surface area contributed by atoms with Crippen molar-refractivity contribution in [2.45, 2.75) is 18.9 Å². The van der Waals surface area contributed by atoms with Gasteiger partial charge >= 0.3 is 0 Å². The Hall–Kier alpha value is -2.40. The minimum atomic E-state index is -0.478. The smallest absolute Gasteiger partial charge is 0.115 e. The maximum absolute atomic E-state index is 10.2. The lowest BCUT2D eigenvalue weighted by molar-refractivity contribution is 0.168. The number of aryl methyl sites for hydroxylation is 1. The Kier molecular flexibility index (Phi) is 3.35. The molecule has 102 valence electrons. The van der Waals surface area contributed by atoms with Gasteiger partial charge in [-0.3, -0.25) is 0 Å². The fourth-order valence-electron chi connectivity index (χ4n) is 2.40. The van der Waals surface area contributed by atoms with Crippen molar-refractivity contribution in [3.8, 4) is 0 Å². The fourth-order valence-corrected chi connectivity index (χ4v) is 2.40. The number of aliphatic hydroxyl groups excluding tert-OH is 1. The molecular formula is C15H16N4O. The van der Waals surface area contributed by atoms with Crippen molar-refractivity contribution in [1.82, 2.24) is 15.1 Å². The molecule has 3 aromatic rings. The summed E-state index contributed by atoms with van der Waals surface area (Å²) < 4.78 is 0. The summed E-state index contributed by atoms with van der Waals surface area (Å²) in [6.07, 6.45) is 0.875. The molecule has 0 saturated heterocycles. The first-order valence-electron chi connectivity index (χ1n) is 6.57. The highest BCUT2D eigenvalue weighted by molar-refractivity contribution is 5.78. The Bertz CT molecular complexity index is 708. The molecule has 0 fully saturated rings. The fraction of sp³-hybridized carbons (Fsp3) is 0.200. The number of rotatable bonds is 4. The second-order valence-corrected chi connectivity index (χ2v) is 4.78. The highest BCUT2D eigenvalue weighted by Gasteiger charge is 2.11. The molecule has 0 spiro atoms. The van der Waals surface area contributed by atoms with Gasteiger partial charge in [-0.05, 0) is 35.2 Å². The van der Waals surface area contributed by atoms with Crippen molar-refractivity contribution >= 4 is 11.0 Å². The molecule has 0 unspecified atom stereocenters. The van der Waals surface area contributed by atoms with Gasteiger partial charge in [-0.25, -0.2) is 0 Å². The molecule has 3 rings (SSSR count). The second kappa shape index (κ2) is 5.30. The van der Waals surface area contributed by atoms with E-state index in [2.05, 4.69) is 10.3 Å². The van der Waals surface area contributed by atoms with Gasteiger partial charge in [0, 0.05) is 0 Å². The molecule has 0 aliphatic rings. The average molecular weight is 268 g/mol. The van der Waals surface area contributed by atoms with Crippen molar-refractivity contribution in [2.75, 3.05) is 5.84 Å². The summed E-state index contributed by atoms with van der Waals surface area (Å²) in [5.74, 6) is 5.78. The zero-order valence-electron chi connectivity index (χ0n) is 11.0. The predicted octanol–water partition coefficient (Wildman–Crippen LogP) is 1.81. The Labute approximate surface area is 116 Å². The summed E-state index contributed by atoms with van der Waals surface area (Å²) in [5.41, 5.74) is 3.58. The maximum Gasteiger partial charge on any atom is 0.115 e. The van der Waals surface area contributed by atoms with Gasteiger partial charge in [0.15, 0.2) is 0 Å². The van der Waals surface area contributed by atoms with Gasteiger partial charge in [0.05, 0.1) is 6.10 Å². The number of hydrogen-bond acceptors (Lipinski definition) is 4. The van der Waals surface area contributed by atoms with Crippen LogP contribution in [0.25, 0.3) is 11.0 Å². The van der Waals surface area contributed by atoms with Gasteiger partial charge in [0.25, 0.3) is 0 Å². The van der Waals surface area contributed by atoms with Crippen LogP contribution in [0.3, 0.4) is 0 Å². The third-order valence-electron chi connectivity index (χ3n) is 3.45. The zero-order chi connectivity index (χ0) is 13.9. The lowest BCUT2D eigenvalue weighted by Gasteiger charge is -2.11. The third-order valence-corrected chi connectivity index (χ3v) is 3.45. The molecule has 1 aromatic heterocycles. The number of aliphatic hydroxyl groups is 1. The maximum atomic E-state index is 10.2. The first-order valence-corrected chi connectivity index (χ1v) is 6.57. The van der Waals surface area contributed by atoms with E-state index in [1.54, 1.807) is 0 Å². The van der Waals surface area contributed by atoms with E-state index in [0.29, 0.717) is 6.42 Å². The standard InChI is InChI=1S/C15H16N4O/c16-19-15-12(7-4-8-13(15)17-18-19)9-10-14(20)11-5-2-1-3-6-11/h1-8,14,20H,9-10,16H2/t14-/m1/s1. The summed E-state index contributed by atoms with van der Waals surface area (Å²) in [4.78, 5) is 1.29. The van der Waals surface area contributed by atoms with Gasteiger partial charge in [-0.2, -0.15) is 4.79 Å². The Balaban J connectivity index is 1.79. The minimum Gasteiger partial charge on any atom is -0.388 e. The molecule has 20 heavy (non-hydrogen) atoms. The summed E-state index contributed by atoms with van der Waals surface area (Å²) in [6, 6.07) is 15.5. The van der Waals surface area contributed by atoms with Crippen LogP contribution in [-0.4, -0.2) is 20.2 Å². The van der Waals surface area contributed by atoms with E-state index in [-0.39, 0.29) is 0 Å². The molecule has 0 radical (unpaired) electrons. The topological polar surface area (TPSA) is 77.0 Å². The molecule has 0 bridgehead atoms. The number of fused-ring (bicyclic) bond motifs is 1. The normalized spacial score (nSPS) is 12.7. The average Bonchev–Trinajstić information content (AvgIpc) is 2.88. The Morgan fingerprint density at radius 1 is 1.10 bits per heavy atom. The molecule has 0 aliphatic carbocycles. The Morgan fingerprint density at radius 2 is 1.90 bits per heavy atom. The van der Waals surface area contributed by atoms with Crippen molar-refractivity contribution in [2.24, 2.45) is 0 Å². The molecule has 1 heterocycles. The molecule has 1 atom stereocenters. The van der Waals surface area contributed by atoms with Crippen molar-refractivity contribution < 1.29 is 5.11 Å². The lowest BCUT2D eigenvalue weighted by Crippen LogP contribution is -2.11. The molecule has 2 aromatic carbocycles. The van der Waals surface area contributed by atoms with E-state index >= 15 is 0 Å². The summed E-state index contributed by atoms with van der Waals surface area (Å²) in [6.45, 7) is 0. The molecule has 0 saturated carbocycles. The van der Waals surface area contributed by atoms with Gasteiger partial charge in [-0.15, -0.1) is 5.10 Å². The first kappa shape index (κ1) is 12.6. The predicted molar refractivity (Wildman–Crippen MR) is 77.4 cm³/mol. The number of nitrogens with two attached hydrogens (primary N) is 1. The van der Waals surface area contributed by atoms with E-state index in [4.69, 9.17) is 5.84 Å². The van der Waals surface area contributed by atoms with Crippen LogP contribution in [0.1, 0.15) is 23.7 Å². The van der Waals surface area contributed by atoms with Crippen LogP contribution in [0.15, 0.2) is 48.5 Å². The van der Waals surface area contributed by atoms with Crippen LogP contribution in [0.5, 0.6) is 0 Å². The molecule has 0 aliphatic heterocycles. The van der Waals surface area contributed by atoms with Gasteiger partial charge in [0.1, 0.15) is 11.0 Å². The van der Waals surface area contributed by atoms with Crippen molar-refractivity contribution in [3.05, 3.63) is 59.7 Å². The van der Waals surface area contributed by atoms with E-state index in [9.17, 15) is 5.11 Å². The number of hydrogen-bond donors (Lipinski definition) is 2. The molecule has 0 amide bonds. The minimum absolute atomic E-state index is 0.478. The zero-order valence-corrected chi connectivity index (χ0v) is 11.0. The number of aromatic nitrogens is 3. The highest BCUT2D eigenvalue weighted by atomic mass is 16.3. The second-order valence-electron chi connectivity index (χ2n) is 4.78. The van der Waals surface area contributed by atoms with Gasteiger partial charge in [0.2, 0.25) is 0 Å². The van der Waals surface area contributed by atoms with E-state index in [1.165, 1.54) is 4.79 Å².